The molecule has 0 fully saturated rings. The van der Waals surface area contributed by atoms with Crippen molar-refractivity contribution in [1.82, 2.24) is 14.9 Å². The first kappa shape index (κ1) is 14.7. The molecule has 0 aliphatic carbocycles. The largest absolute Gasteiger partial charge is 0.330 e. The summed E-state index contributed by atoms with van der Waals surface area (Å²) in [5.41, 5.74) is 3.90. The van der Waals surface area contributed by atoms with Crippen LogP contribution in [-0.2, 0) is 13.1 Å². The van der Waals surface area contributed by atoms with Gasteiger partial charge in [-0.2, -0.15) is 0 Å². The molecule has 0 aliphatic rings. The molecule has 108 valence electrons. The molecule has 4 heteroatoms. The van der Waals surface area contributed by atoms with Crippen molar-refractivity contribution in [2.45, 2.75) is 40.3 Å². The molecule has 0 spiro atoms. The monoisotopic (exact) mass is 275 g/mol. The maximum Gasteiger partial charge on any atom is 0.128 e. The molecule has 1 aromatic carbocycles. The normalized spacial score (nSPS) is 11.0. The van der Waals surface area contributed by atoms with E-state index in [1.54, 1.807) is 12.4 Å². The SMILES string of the molecule is CCCNCc1ccc(F)c(Cn2cnc(C)c2C)c1. The van der Waals surface area contributed by atoms with Crippen molar-refractivity contribution in [1.29, 1.82) is 0 Å². The second kappa shape index (κ2) is 6.66. The standard InChI is InChI=1S/C16H22FN3/c1-4-7-18-9-14-5-6-16(17)15(8-14)10-20-11-19-12(2)13(20)3/h5-6,8,11,18H,4,7,9-10H2,1-3H3. The Morgan fingerprint density at radius 2 is 2.10 bits per heavy atom. The molecule has 1 heterocycles. The van der Waals surface area contributed by atoms with E-state index in [4.69, 9.17) is 0 Å². The van der Waals surface area contributed by atoms with E-state index in [9.17, 15) is 4.39 Å². The molecule has 2 aromatic rings. The minimum Gasteiger partial charge on any atom is -0.330 e. The molecule has 2 rings (SSSR count). The molecular weight excluding hydrogens is 253 g/mol. The van der Waals surface area contributed by atoms with Crippen LogP contribution in [0.3, 0.4) is 0 Å². The number of hydrogen-bond donors (Lipinski definition) is 1. The summed E-state index contributed by atoms with van der Waals surface area (Å²) in [6.07, 6.45) is 2.87. The van der Waals surface area contributed by atoms with Crippen LogP contribution < -0.4 is 5.32 Å². The number of nitrogens with zero attached hydrogens (tertiary/aromatic N) is 2. The van der Waals surface area contributed by atoms with Gasteiger partial charge in [-0.3, -0.25) is 0 Å². The van der Waals surface area contributed by atoms with E-state index < -0.39 is 0 Å². The van der Waals surface area contributed by atoms with Gasteiger partial charge in [0.25, 0.3) is 0 Å². The minimum atomic E-state index is -0.157. The van der Waals surface area contributed by atoms with Gasteiger partial charge in [0.2, 0.25) is 0 Å². The summed E-state index contributed by atoms with van der Waals surface area (Å²) in [5, 5.41) is 3.34. The van der Waals surface area contributed by atoms with E-state index in [1.807, 2.05) is 30.5 Å². The highest BCUT2D eigenvalue weighted by Crippen LogP contribution is 2.14. The van der Waals surface area contributed by atoms with Crippen molar-refractivity contribution in [2.24, 2.45) is 0 Å². The van der Waals surface area contributed by atoms with Crippen molar-refractivity contribution in [3.05, 3.63) is 52.9 Å². The first-order valence-corrected chi connectivity index (χ1v) is 7.08. The zero-order valence-electron chi connectivity index (χ0n) is 12.4. The van der Waals surface area contributed by atoms with E-state index in [0.29, 0.717) is 12.1 Å². The Balaban J connectivity index is 2.14. The third kappa shape index (κ3) is 3.45. The zero-order valence-corrected chi connectivity index (χ0v) is 12.4. The van der Waals surface area contributed by atoms with E-state index in [-0.39, 0.29) is 5.82 Å². The Hall–Kier alpha value is -1.68. The molecule has 0 bridgehead atoms. The van der Waals surface area contributed by atoms with E-state index in [1.165, 1.54) is 0 Å². The van der Waals surface area contributed by atoms with Crippen molar-refractivity contribution < 1.29 is 4.39 Å². The lowest BCUT2D eigenvalue weighted by atomic mass is 10.1. The average Bonchev–Trinajstić information content (AvgIpc) is 2.74. The molecule has 20 heavy (non-hydrogen) atoms. The highest BCUT2D eigenvalue weighted by Gasteiger charge is 2.07. The van der Waals surface area contributed by atoms with Crippen LogP contribution in [0.15, 0.2) is 24.5 Å². The van der Waals surface area contributed by atoms with Crippen LogP contribution in [-0.4, -0.2) is 16.1 Å². The van der Waals surface area contributed by atoms with Crippen molar-refractivity contribution in [3.63, 3.8) is 0 Å². The second-order valence-electron chi connectivity index (χ2n) is 5.15. The summed E-state index contributed by atoms with van der Waals surface area (Å²) in [7, 11) is 0. The molecule has 0 amide bonds. The van der Waals surface area contributed by atoms with Gasteiger partial charge < -0.3 is 9.88 Å². The van der Waals surface area contributed by atoms with Gasteiger partial charge in [-0.15, -0.1) is 0 Å². The number of rotatable bonds is 6. The molecular formula is C16H22FN3. The van der Waals surface area contributed by atoms with Crippen LogP contribution in [0.2, 0.25) is 0 Å². The zero-order chi connectivity index (χ0) is 14.5. The summed E-state index contributed by atoms with van der Waals surface area (Å²) >= 11 is 0. The number of benzene rings is 1. The highest BCUT2D eigenvalue weighted by atomic mass is 19.1. The van der Waals surface area contributed by atoms with Crippen LogP contribution >= 0.6 is 0 Å². The second-order valence-corrected chi connectivity index (χ2v) is 5.15. The van der Waals surface area contributed by atoms with E-state index in [2.05, 4.69) is 17.2 Å². The first-order valence-electron chi connectivity index (χ1n) is 7.08. The van der Waals surface area contributed by atoms with Gasteiger partial charge in [0.15, 0.2) is 0 Å². The molecule has 0 unspecified atom stereocenters. The van der Waals surface area contributed by atoms with Crippen LogP contribution in [0.5, 0.6) is 0 Å². The lowest BCUT2D eigenvalue weighted by Crippen LogP contribution is -2.14. The van der Waals surface area contributed by atoms with Gasteiger partial charge in [-0.1, -0.05) is 13.0 Å². The fourth-order valence-corrected chi connectivity index (χ4v) is 2.16. The molecule has 3 nitrogen and oxygen atoms in total. The van der Waals surface area contributed by atoms with Gasteiger partial charge in [0, 0.05) is 17.8 Å². The number of imidazole rings is 1. The lowest BCUT2D eigenvalue weighted by Gasteiger charge is -2.10. The van der Waals surface area contributed by atoms with Crippen LogP contribution in [0.4, 0.5) is 4.39 Å². The molecule has 0 atom stereocenters. The molecule has 1 N–H and O–H groups in total. The average molecular weight is 275 g/mol. The van der Waals surface area contributed by atoms with E-state index in [0.717, 1.165) is 36.5 Å². The fourth-order valence-electron chi connectivity index (χ4n) is 2.16. The lowest BCUT2D eigenvalue weighted by molar-refractivity contribution is 0.594. The number of aryl methyl sites for hydroxylation is 1. The summed E-state index contributed by atoms with van der Waals surface area (Å²) in [6, 6.07) is 5.33. The quantitative estimate of drug-likeness (QED) is 0.821. The molecule has 1 aromatic heterocycles. The Kier molecular flexibility index (Phi) is 4.90. The van der Waals surface area contributed by atoms with Crippen molar-refractivity contribution in [3.8, 4) is 0 Å². The minimum absolute atomic E-state index is 0.157. The predicted octanol–water partition coefficient (Wildman–Crippen LogP) is 3.19. The van der Waals surface area contributed by atoms with Crippen molar-refractivity contribution >= 4 is 0 Å². The topological polar surface area (TPSA) is 29.9 Å². The van der Waals surface area contributed by atoms with Crippen LogP contribution in [0, 0.1) is 19.7 Å². The highest BCUT2D eigenvalue weighted by molar-refractivity contribution is 5.26. The number of halogens is 1. The Bertz CT molecular complexity index is 575. The predicted molar refractivity (Wildman–Crippen MR) is 79.2 cm³/mol. The smallest absolute Gasteiger partial charge is 0.128 e. The number of hydrogen-bond acceptors (Lipinski definition) is 2. The molecule has 0 aliphatic heterocycles. The van der Waals surface area contributed by atoms with Crippen molar-refractivity contribution in [2.75, 3.05) is 6.54 Å². The maximum absolute atomic E-state index is 13.9. The summed E-state index contributed by atoms with van der Waals surface area (Å²) < 4.78 is 15.9. The third-order valence-electron chi connectivity index (χ3n) is 3.55. The Morgan fingerprint density at radius 3 is 2.75 bits per heavy atom. The van der Waals surface area contributed by atoms with Crippen LogP contribution in [0.25, 0.3) is 0 Å². The van der Waals surface area contributed by atoms with Gasteiger partial charge in [0.1, 0.15) is 5.82 Å². The van der Waals surface area contributed by atoms with Gasteiger partial charge >= 0.3 is 0 Å². The molecule has 0 saturated heterocycles. The van der Waals surface area contributed by atoms with Gasteiger partial charge in [0.05, 0.1) is 18.6 Å². The van der Waals surface area contributed by atoms with E-state index >= 15 is 0 Å². The third-order valence-corrected chi connectivity index (χ3v) is 3.55. The van der Waals surface area contributed by atoms with Gasteiger partial charge in [-0.05, 0) is 44.5 Å². The molecule has 0 radical (unpaired) electrons. The maximum atomic E-state index is 13.9. The number of nitrogens with one attached hydrogen (secondary N) is 1. The number of aromatic nitrogens is 2. The van der Waals surface area contributed by atoms with Crippen LogP contribution in [0.1, 0.15) is 35.9 Å². The summed E-state index contributed by atoms with van der Waals surface area (Å²) in [6.45, 7) is 8.39. The summed E-state index contributed by atoms with van der Waals surface area (Å²) in [4.78, 5) is 4.25. The Labute approximate surface area is 119 Å². The van der Waals surface area contributed by atoms with Gasteiger partial charge in [-0.25, -0.2) is 9.37 Å². The first-order chi connectivity index (χ1) is 9.61. The fraction of sp³-hybridized carbons (Fsp3) is 0.438. The summed E-state index contributed by atoms with van der Waals surface area (Å²) in [5.74, 6) is -0.157. The molecule has 0 saturated carbocycles. The Morgan fingerprint density at radius 1 is 1.30 bits per heavy atom.